The van der Waals surface area contributed by atoms with E-state index in [1.807, 2.05) is 20.8 Å². The Labute approximate surface area is 67.4 Å². The smallest absolute Gasteiger partial charge is 0.306 e. The number of esters is 1. The minimum absolute atomic E-state index is 0.209. The van der Waals surface area contributed by atoms with Crippen molar-refractivity contribution in [2.24, 2.45) is 0 Å². The summed E-state index contributed by atoms with van der Waals surface area (Å²) in [5.74, 6) is -0.284. The molecule has 11 heavy (non-hydrogen) atoms. The molecule has 1 radical (unpaired) electrons. The van der Waals surface area contributed by atoms with E-state index in [0.717, 1.165) is 0 Å². The van der Waals surface area contributed by atoms with Crippen molar-refractivity contribution in [3.05, 3.63) is 0 Å². The van der Waals surface area contributed by atoms with Crippen LogP contribution in [0, 0.1) is 0 Å². The number of carbonyl (C=O) groups is 1. The Morgan fingerprint density at radius 1 is 1.36 bits per heavy atom. The van der Waals surface area contributed by atoms with Crippen molar-refractivity contribution in [1.29, 1.82) is 0 Å². The van der Waals surface area contributed by atoms with Gasteiger partial charge in [-0.15, -0.1) is 0 Å². The van der Waals surface area contributed by atoms with Crippen LogP contribution >= 0.6 is 0 Å². The maximum absolute atomic E-state index is 10.9. The van der Waals surface area contributed by atoms with Gasteiger partial charge < -0.3 is 4.74 Å². The number of hydrogen-bond donors (Lipinski definition) is 0. The van der Waals surface area contributed by atoms with Gasteiger partial charge in [0.2, 0.25) is 0 Å². The standard InChI is InChI=1S/C8H15O3/c1-8(2,3)11-7(10)5-4-6-9/h4-6H2,1-3H3. The highest BCUT2D eigenvalue weighted by Crippen LogP contribution is 2.08. The van der Waals surface area contributed by atoms with E-state index in [1.54, 1.807) is 0 Å². The number of hydrogen-bond acceptors (Lipinski definition) is 2. The number of ether oxygens (including phenoxy) is 1. The zero-order valence-corrected chi connectivity index (χ0v) is 7.35. The molecule has 0 saturated heterocycles. The van der Waals surface area contributed by atoms with Gasteiger partial charge in [0.25, 0.3) is 0 Å². The second-order valence-corrected chi connectivity index (χ2v) is 3.39. The quantitative estimate of drug-likeness (QED) is 0.586. The maximum Gasteiger partial charge on any atom is 0.306 e. The van der Waals surface area contributed by atoms with E-state index in [1.165, 1.54) is 0 Å². The van der Waals surface area contributed by atoms with E-state index in [4.69, 9.17) is 4.74 Å². The Morgan fingerprint density at radius 3 is 2.27 bits per heavy atom. The van der Waals surface area contributed by atoms with E-state index in [9.17, 15) is 9.90 Å². The van der Waals surface area contributed by atoms with E-state index in [-0.39, 0.29) is 19.0 Å². The topological polar surface area (TPSA) is 46.2 Å². The number of carbonyl (C=O) groups excluding carboxylic acids is 1. The van der Waals surface area contributed by atoms with Gasteiger partial charge in [-0.2, -0.15) is 0 Å². The molecule has 0 saturated carbocycles. The summed E-state index contributed by atoms with van der Waals surface area (Å²) in [7, 11) is 0. The fourth-order valence-electron chi connectivity index (χ4n) is 0.609. The molecule has 65 valence electrons. The molecule has 3 nitrogen and oxygen atoms in total. The van der Waals surface area contributed by atoms with Crippen molar-refractivity contribution in [2.75, 3.05) is 6.61 Å². The molecule has 3 heteroatoms. The Balaban J connectivity index is 3.53. The van der Waals surface area contributed by atoms with Gasteiger partial charge in [0, 0.05) is 6.42 Å². The molecule has 0 N–H and O–H groups in total. The van der Waals surface area contributed by atoms with Crippen LogP contribution in [0.4, 0.5) is 0 Å². The fraction of sp³-hybridized carbons (Fsp3) is 0.875. The maximum atomic E-state index is 10.9. The minimum atomic E-state index is -0.431. The van der Waals surface area contributed by atoms with Crippen molar-refractivity contribution in [2.45, 2.75) is 39.2 Å². The second kappa shape index (κ2) is 4.34. The lowest BCUT2D eigenvalue weighted by Crippen LogP contribution is -2.23. The molecule has 0 aliphatic rings. The van der Waals surface area contributed by atoms with E-state index >= 15 is 0 Å². The van der Waals surface area contributed by atoms with Crippen LogP contribution in [0.3, 0.4) is 0 Å². The molecule has 0 aliphatic heterocycles. The molecule has 0 aromatic heterocycles. The Kier molecular flexibility index (Phi) is 4.11. The van der Waals surface area contributed by atoms with Crippen LogP contribution in [-0.4, -0.2) is 18.2 Å². The largest absolute Gasteiger partial charge is 0.460 e. The van der Waals surface area contributed by atoms with Crippen molar-refractivity contribution in [1.82, 2.24) is 0 Å². The van der Waals surface area contributed by atoms with Gasteiger partial charge in [-0.25, -0.2) is 5.11 Å². The van der Waals surface area contributed by atoms with E-state index < -0.39 is 5.60 Å². The molecule has 0 unspecified atom stereocenters. The van der Waals surface area contributed by atoms with Crippen molar-refractivity contribution in [3.63, 3.8) is 0 Å². The predicted octanol–water partition coefficient (Wildman–Crippen LogP) is 1.54. The van der Waals surface area contributed by atoms with Gasteiger partial charge in [-0.3, -0.25) is 4.79 Å². The summed E-state index contributed by atoms with van der Waals surface area (Å²) >= 11 is 0. The fourth-order valence-corrected chi connectivity index (χ4v) is 0.609. The molecule has 0 aliphatic carbocycles. The van der Waals surface area contributed by atoms with Gasteiger partial charge in [0.15, 0.2) is 0 Å². The van der Waals surface area contributed by atoms with Gasteiger partial charge in [0.05, 0.1) is 6.61 Å². The summed E-state index contributed by atoms with van der Waals surface area (Å²) in [5.41, 5.74) is -0.431. The molecule has 0 aromatic rings. The van der Waals surface area contributed by atoms with E-state index in [0.29, 0.717) is 6.42 Å². The van der Waals surface area contributed by atoms with Gasteiger partial charge in [-0.05, 0) is 27.2 Å². The molecule has 0 heterocycles. The highest BCUT2D eigenvalue weighted by molar-refractivity contribution is 5.69. The summed E-state index contributed by atoms with van der Waals surface area (Å²) < 4.78 is 4.96. The van der Waals surface area contributed by atoms with Gasteiger partial charge in [-0.1, -0.05) is 0 Å². The minimum Gasteiger partial charge on any atom is -0.460 e. The van der Waals surface area contributed by atoms with Crippen LogP contribution in [0.15, 0.2) is 0 Å². The monoisotopic (exact) mass is 159 g/mol. The van der Waals surface area contributed by atoms with Gasteiger partial charge >= 0.3 is 5.97 Å². The predicted molar refractivity (Wildman–Crippen MR) is 40.6 cm³/mol. The summed E-state index contributed by atoms with van der Waals surface area (Å²) in [6, 6.07) is 0. The third-order valence-electron chi connectivity index (χ3n) is 0.945. The molecule has 0 spiro atoms. The Hall–Kier alpha value is -0.570. The number of rotatable bonds is 3. The molecule has 0 aromatic carbocycles. The average molecular weight is 159 g/mol. The third kappa shape index (κ3) is 7.33. The summed E-state index contributed by atoms with van der Waals surface area (Å²) in [6.07, 6.45) is 0.607. The second-order valence-electron chi connectivity index (χ2n) is 3.39. The van der Waals surface area contributed by atoms with E-state index in [2.05, 4.69) is 0 Å². The summed E-state index contributed by atoms with van der Waals surface area (Å²) in [5, 5.41) is 9.99. The highest BCUT2D eigenvalue weighted by atomic mass is 16.6. The lowest BCUT2D eigenvalue weighted by molar-refractivity contribution is -0.155. The highest BCUT2D eigenvalue weighted by Gasteiger charge is 2.15. The molecular formula is C8H15O3. The Bertz CT molecular complexity index is 124. The molecule has 0 rings (SSSR count). The summed E-state index contributed by atoms with van der Waals surface area (Å²) in [6.45, 7) is 5.21. The SMILES string of the molecule is CC(C)(C)OC(=O)CCC[O]. The van der Waals surface area contributed by atoms with Crippen molar-refractivity contribution < 1.29 is 14.6 Å². The van der Waals surface area contributed by atoms with Gasteiger partial charge in [0.1, 0.15) is 5.60 Å². The molecule has 0 bridgehead atoms. The summed E-state index contributed by atoms with van der Waals surface area (Å²) in [4.78, 5) is 10.9. The molecule has 0 amide bonds. The van der Waals surface area contributed by atoms with Crippen LogP contribution in [-0.2, 0) is 14.6 Å². The molecule has 0 atom stereocenters. The first-order chi connectivity index (χ1) is 4.95. The van der Waals surface area contributed by atoms with Crippen LogP contribution in [0.1, 0.15) is 33.6 Å². The average Bonchev–Trinajstić information content (AvgIpc) is 1.79. The van der Waals surface area contributed by atoms with Crippen LogP contribution < -0.4 is 0 Å². The molecular weight excluding hydrogens is 144 g/mol. The first-order valence-electron chi connectivity index (χ1n) is 3.75. The van der Waals surface area contributed by atoms with Crippen LogP contribution in [0.25, 0.3) is 0 Å². The van der Waals surface area contributed by atoms with Crippen LogP contribution in [0.5, 0.6) is 0 Å². The zero-order chi connectivity index (χ0) is 8.91. The normalized spacial score (nSPS) is 11.3. The lowest BCUT2D eigenvalue weighted by atomic mass is 10.2. The zero-order valence-electron chi connectivity index (χ0n) is 7.35. The third-order valence-corrected chi connectivity index (χ3v) is 0.945. The molecule has 0 fully saturated rings. The van der Waals surface area contributed by atoms with Crippen LogP contribution in [0.2, 0.25) is 0 Å². The van der Waals surface area contributed by atoms with Crippen molar-refractivity contribution >= 4 is 5.97 Å². The van der Waals surface area contributed by atoms with Crippen molar-refractivity contribution in [3.8, 4) is 0 Å². The lowest BCUT2D eigenvalue weighted by Gasteiger charge is -2.19. The first-order valence-corrected chi connectivity index (χ1v) is 3.75. The Morgan fingerprint density at radius 2 is 1.91 bits per heavy atom. The first kappa shape index (κ1) is 10.4.